The highest BCUT2D eigenvalue weighted by molar-refractivity contribution is 6.17. The lowest BCUT2D eigenvalue weighted by atomic mass is 9.87. The molecule has 18 aromatic rings. The van der Waals surface area contributed by atoms with Gasteiger partial charge in [0.25, 0.3) is 0 Å². The van der Waals surface area contributed by atoms with E-state index in [1.807, 2.05) is 0 Å². The van der Waals surface area contributed by atoms with Crippen LogP contribution in [0.5, 0.6) is 11.5 Å². The van der Waals surface area contributed by atoms with Crippen molar-refractivity contribution < 1.29 is 9.47 Å². The van der Waals surface area contributed by atoms with E-state index in [2.05, 4.69) is 352 Å². The average molecular weight is 1230 g/mol. The Kier molecular flexibility index (Phi) is 14.7. The summed E-state index contributed by atoms with van der Waals surface area (Å²) in [4.78, 5) is 0. The van der Waals surface area contributed by atoms with Crippen molar-refractivity contribution in [1.82, 2.24) is 0 Å². The Morgan fingerprint density at radius 1 is 0.146 bits per heavy atom. The first-order valence-electron chi connectivity index (χ1n) is 32.9. The van der Waals surface area contributed by atoms with Crippen molar-refractivity contribution in [2.75, 3.05) is 14.2 Å². The smallest absolute Gasteiger partial charge is 0.126 e. The van der Waals surface area contributed by atoms with E-state index in [4.69, 9.17) is 9.47 Å². The zero-order chi connectivity index (χ0) is 64.1. The molecule has 0 saturated carbocycles. The molecule has 18 aromatic carbocycles. The zero-order valence-corrected chi connectivity index (χ0v) is 53.3. The molecular weight excluding hydrogens is 1160 g/mol. The number of fused-ring (bicyclic) bond motifs is 8. The van der Waals surface area contributed by atoms with Gasteiger partial charge >= 0.3 is 0 Å². The molecule has 0 spiro atoms. The number of methoxy groups -OCH3 is 2. The van der Waals surface area contributed by atoms with Crippen molar-refractivity contribution >= 4 is 86.2 Å². The number of benzene rings is 18. The molecule has 0 atom stereocenters. The molecule has 0 unspecified atom stereocenters. The van der Waals surface area contributed by atoms with Crippen LogP contribution in [0.15, 0.2) is 352 Å². The van der Waals surface area contributed by atoms with Gasteiger partial charge in [-0.25, -0.2) is 0 Å². The van der Waals surface area contributed by atoms with E-state index in [1.54, 1.807) is 14.2 Å². The monoisotopic (exact) mass is 1220 g/mol. The van der Waals surface area contributed by atoms with Gasteiger partial charge in [0, 0.05) is 10.8 Å². The van der Waals surface area contributed by atoms with Crippen LogP contribution in [0.25, 0.3) is 175 Å². The van der Waals surface area contributed by atoms with Crippen LogP contribution in [-0.4, -0.2) is 14.2 Å². The fourth-order valence-corrected chi connectivity index (χ4v) is 14.9. The lowest BCUT2D eigenvalue weighted by Gasteiger charge is -2.17. The van der Waals surface area contributed by atoms with Gasteiger partial charge in [0.1, 0.15) is 11.5 Å². The Hall–Kier alpha value is -12.4. The van der Waals surface area contributed by atoms with E-state index in [-0.39, 0.29) is 0 Å². The molecule has 0 heterocycles. The Morgan fingerprint density at radius 2 is 0.365 bits per heavy atom. The largest absolute Gasteiger partial charge is 0.496 e. The Morgan fingerprint density at radius 3 is 0.698 bits per heavy atom. The molecule has 18 rings (SSSR count). The maximum absolute atomic E-state index is 5.69. The maximum Gasteiger partial charge on any atom is 0.126 e. The summed E-state index contributed by atoms with van der Waals surface area (Å²) in [6, 6.07) is 128. The van der Waals surface area contributed by atoms with Gasteiger partial charge in [-0.3, -0.25) is 0 Å². The summed E-state index contributed by atoms with van der Waals surface area (Å²) in [6.07, 6.45) is 0. The molecule has 0 fully saturated rings. The highest BCUT2D eigenvalue weighted by Crippen LogP contribution is 2.46. The van der Waals surface area contributed by atoms with Gasteiger partial charge in [-0.15, -0.1) is 0 Å². The minimum absolute atomic E-state index is 0.890. The summed E-state index contributed by atoms with van der Waals surface area (Å²) < 4.78 is 11.4. The SMILES string of the molecule is COc1ccc(-c2cccc3c(-c4ccc(-c5ccc(OC)c6ccccc56)c5ccccc45)cccc23)c2ccccc12.c1ccc(-c2ccc3cc(-c4cccc5c(-c6ccc(-c7ccc8cc(-c9ccccc9)ccc8c7)c7ccccc67)cccc45)ccc3c2)cc1. The predicted octanol–water partition coefficient (Wildman–Crippen LogP) is 26.0. The fraction of sp³-hybridized carbons (Fsp3) is 0.0213. The molecule has 2 nitrogen and oxygen atoms in total. The normalized spacial score (nSPS) is 11.4. The first kappa shape index (κ1) is 57.5. The number of hydrogen-bond acceptors (Lipinski definition) is 2. The quantitative estimate of drug-likeness (QED) is 0.136. The van der Waals surface area contributed by atoms with Gasteiger partial charge in [0.15, 0.2) is 0 Å². The number of hydrogen-bond donors (Lipinski definition) is 0. The van der Waals surface area contributed by atoms with Crippen molar-refractivity contribution in [1.29, 1.82) is 0 Å². The summed E-state index contributed by atoms with van der Waals surface area (Å²) >= 11 is 0. The number of ether oxygens (including phenoxy) is 2. The summed E-state index contributed by atoms with van der Waals surface area (Å²) in [7, 11) is 3.47. The first-order valence-corrected chi connectivity index (χ1v) is 32.9. The zero-order valence-electron chi connectivity index (χ0n) is 53.3. The van der Waals surface area contributed by atoms with E-state index in [1.165, 1.54) is 164 Å². The van der Waals surface area contributed by atoms with E-state index in [0.717, 1.165) is 22.3 Å². The van der Waals surface area contributed by atoms with Crippen LogP contribution < -0.4 is 9.47 Å². The van der Waals surface area contributed by atoms with Crippen LogP contribution in [0.2, 0.25) is 0 Å². The highest BCUT2D eigenvalue weighted by atomic mass is 16.5. The molecule has 0 aliphatic heterocycles. The summed E-state index contributed by atoms with van der Waals surface area (Å²) in [5.74, 6) is 1.78. The third kappa shape index (κ3) is 10.2. The lowest BCUT2D eigenvalue weighted by Crippen LogP contribution is -1.91. The standard InChI is InChI=1S/C52H34.C42H30O2/c1-3-11-35(12-4-1)37-21-23-41-33-43(27-25-39(41)31-37)45-17-9-19-50-48(45)18-10-20-51(50)52-30-29-46(47-15-7-8-16-49(47)52)44-28-26-40-32-38(22-24-42(40)34-44)36-13-5-2-6-14-36;1-43-41-25-23-37(33-13-5-7-15-39(33)41)32-20-10-17-29-30(32)18-9-19-31(29)35-21-22-36(28-12-4-3-11-27(28)35)38-24-26-42(44-2)40-16-8-6-14-34(38)40/h1-34H;3-26H,1-2H3. The minimum Gasteiger partial charge on any atom is -0.496 e. The molecule has 0 aliphatic carbocycles. The number of rotatable bonds is 10. The van der Waals surface area contributed by atoms with Gasteiger partial charge in [-0.1, -0.05) is 315 Å². The van der Waals surface area contributed by atoms with Gasteiger partial charge in [0.2, 0.25) is 0 Å². The second-order valence-electron chi connectivity index (χ2n) is 24.8. The van der Waals surface area contributed by atoms with Crippen molar-refractivity contribution in [2.24, 2.45) is 0 Å². The molecule has 0 aliphatic rings. The van der Waals surface area contributed by atoms with Crippen LogP contribution in [-0.2, 0) is 0 Å². The van der Waals surface area contributed by atoms with Crippen LogP contribution in [0, 0.1) is 0 Å². The molecule has 96 heavy (non-hydrogen) atoms. The molecule has 0 aromatic heterocycles. The van der Waals surface area contributed by atoms with E-state index >= 15 is 0 Å². The molecule has 0 radical (unpaired) electrons. The van der Waals surface area contributed by atoms with Crippen LogP contribution in [0.3, 0.4) is 0 Å². The van der Waals surface area contributed by atoms with E-state index in [0.29, 0.717) is 0 Å². The van der Waals surface area contributed by atoms with E-state index < -0.39 is 0 Å². The molecule has 0 N–H and O–H groups in total. The third-order valence-electron chi connectivity index (χ3n) is 19.6. The van der Waals surface area contributed by atoms with Crippen LogP contribution in [0.1, 0.15) is 0 Å². The first-order chi connectivity index (χ1) is 47.5. The van der Waals surface area contributed by atoms with E-state index in [9.17, 15) is 0 Å². The molecule has 452 valence electrons. The van der Waals surface area contributed by atoms with Gasteiger partial charge in [-0.05, 0) is 201 Å². The Bertz CT molecular complexity index is 5760. The van der Waals surface area contributed by atoms with Gasteiger partial charge in [0.05, 0.1) is 14.2 Å². The van der Waals surface area contributed by atoms with Crippen LogP contribution >= 0.6 is 0 Å². The highest BCUT2D eigenvalue weighted by Gasteiger charge is 2.19. The summed E-state index contributed by atoms with van der Waals surface area (Å²) in [5, 5.41) is 19.6. The second-order valence-corrected chi connectivity index (χ2v) is 24.8. The molecular formula is C94H64O2. The molecule has 0 amide bonds. The maximum atomic E-state index is 5.69. The van der Waals surface area contributed by atoms with Crippen LogP contribution in [0.4, 0.5) is 0 Å². The second kappa shape index (κ2) is 24.6. The third-order valence-corrected chi connectivity index (χ3v) is 19.6. The van der Waals surface area contributed by atoms with Gasteiger partial charge < -0.3 is 9.47 Å². The van der Waals surface area contributed by atoms with Crippen molar-refractivity contribution in [2.45, 2.75) is 0 Å². The average Bonchev–Trinajstić information content (AvgIpc) is 0.766. The van der Waals surface area contributed by atoms with Crippen molar-refractivity contribution in [3.05, 3.63) is 352 Å². The predicted molar refractivity (Wildman–Crippen MR) is 410 cm³/mol. The topological polar surface area (TPSA) is 18.5 Å². The molecule has 2 heteroatoms. The summed E-state index contributed by atoms with van der Waals surface area (Å²) in [6.45, 7) is 0. The van der Waals surface area contributed by atoms with Gasteiger partial charge in [-0.2, -0.15) is 0 Å². The lowest BCUT2D eigenvalue weighted by molar-refractivity contribution is 0.420. The summed E-state index contributed by atoms with van der Waals surface area (Å²) in [5.41, 5.74) is 19.7. The Balaban J connectivity index is 0.000000147. The Labute approximate surface area is 558 Å². The van der Waals surface area contributed by atoms with Crippen molar-refractivity contribution in [3.8, 4) is 101 Å². The van der Waals surface area contributed by atoms with Crippen molar-refractivity contribution in [3.63, 3.8) is 0 Å². The minimum atomic E-state index is 0.890. The fourth-order valence-electron chi connectivity index (χ4n) is 14.9. The molecule has 0 bridgehead atoms. The molecule has 0 saturated heterocycles.